The van der Waals surface area contributed by atoms with E-state index in [4.69, 9.17) is 5.11 Å². The highest BCUT2D eigenvalue weighted by atomic mass is 16.4. The Hall–Kier alpha value is -3.08. The molecule has 0 spiro atoms. The quantitative estimate of drug-likeness (QED) is 0.644. The number of carbonyl (C=O) groups is 1. The van der Waals surface area contributed by atoms with Gasteiger partial charge < -0.3 is 15.1 Å². The zero-order chi connectivity index (χ0) is 17.4. The zero-order valence-corrected chi connectivity index (χ0v) is 13.7. The first-order valence-corrected chi connectivity index (χ1v) is 7.60. The van der Waals surface area contributed by atoms with Gasteiger partial charge in [-0.1, -0.05) is 18.2 Å². The molecule has 0 aliphatic rings. The fourth-order valence-electron chi connectivity index (χ4n) is 2.80. The van der Waals surface area contributed by atoms with Crippen molar-refractivity contribution in [2.75, 3.05) is 0 Å². The maximum absolute atomic E-state index is 11.4. The second-order valence-electron chi connectivity index (χ2n) is 6.00. The van der Waals surface area contributed by atoms with Gasteiger partial charge >= 0.3 is 11.7 Å². The standard InChI is InChI=1S/C19H18N2O3/c1-10-8-15(11(2)6-14(10)7-12(3)18(22)23)13-4-5-16-17(9-13)21-19(24)20-16/h4-9H,1-3H3,(H,22,23)(H2,20,21,24). The third-order valence-corrected chi connectivity index (χ3v) is 4.15. The second kappa shape index (κ2) is 5.85. The first kappa shape index (κ1) is 15.8. The Balaban J connectivity index is 2.11. The van der Waals surface area contributed by atoms with Crippen LogP contribution in [0, 0.1) is 13.8 Å². The fraction of sp³-hybridized carbons (Fsp3) is 0.158. The Morgan fingerprint density at radius 1 is 1.04 bits per heavy atom. The molecule has 5 nitrogen and oxygen atoms in total. The summed E-state index contributed by atoms with van der Waals surface area (Å²) in [6, 6.07) is 9.81. The number of nitrogens with one attached hydrogen (secondary N) is 2. The van der Waals surface area contributed by atoms with Crippen LogP contribution in [-0.2, 0) is 4.79 Å². The van der Waals surface area contributed by atoms with Gasteiger partial charge in [-0.05, 0) is 66.8 Å². The summed E-state index contributed by atoms with van der Waals surface area (Å²) in [7, 11) is 0. The Morgan fingerprint density at radius 3 is 2.46 bits per heavy atom. The molecular weight excluding hydrogens is 304 g/mol. The molecule has 0 fully saturated rings. The van der Waals surface area contributed by atoms with Crippen molar-refractivity contribution in [1.82, 2.24) is 9.97 Å². The summed E-state index contributed by atoms with van der Waals surface area (Å²) in [5.41, 5.74) is 6.62. The largest absolute Gasteiger partial charge is 0.478 e. The summed E-state index contributed by atoms with van der Waals surface area (Å²) in [6.45, 7) is 5.54. The van der Waals surface area contributed by atoms with E-state index in [2.05, 4.69) is 9.97 Å². The van der Waals surface area contributed by atoms with Gasteiger partial charge in [0.2, 0.25) is 0 Å². The molecule has 0 aliphatic carbocycles. The number of H-pyrrole nitrogens is 2. The lowest BCUT2D eigenvalue weighted by molar-refractivity contribution is -0.132. The lowest BCUT2D eigenvalue weighted by Gasteiger charge is -2.11. The minimum Gasteiger partial charge on any atom is -0.478 e. The zero-order valence-electron chi connectivity index (χ0n) is 13.7. The third-order valence-electron chi connectivity index (χ3n) is 4.15. The van der Waals surface area contributed by atoms with Crippen molar-refractivity contribution in [2.45, 2.75) is 20.8 Å². The van der Waals surface area contributed by atoms with Gasteiger partial charge in [0.15, 0.2) is 0 Å². The average molecular weight is 322 g/mol. The molecule has 3 rings (SSSR count). The molecule has 0 aliphatic heterocycles. The number of carboxylic acid groups (broad SMARTS) is 1. The summed E-state index contributed by atoms with van der Waals surface area (Å²) < 4.78 is 0. The Kier molecular flexibility index (Phi) is 3.85. The van der Waals surface area contributed by atoms with Crippen LogP contribution in [0.2, 0.25) is 0 Å². The van der Waals surface area contributed by atoms with Crippen molar-refractivity contribution in [3.05, 3.63) is 63.1 Å². The molecule has 24 heavy (non-hydrogen) atoms. The number of benzene rings is 2. The van der Waals surface area contributed by atoms with Crippen molar-refractivity contribution >= 4 is 23.1 Å². The minimum absolute atomic E-state index is 0.223. The predicted octanol–water partition coefficient (Wildman–Crippen LogP) is 3.63. The molecule has 5 heteroatoms. The lowest BCUT2D eigenvalue weighted by atomic mass is 9.94. The minimum atomic E-state index is -0.919. The Bertz CT molecular complexity index is 1040. The van der Waals surface area contributed by atoms with Gasteiger partial charge in [0.25, 0.3) is 0 Å². The Labute approximate surface area is 138 Å². The van der Waals surface area contributed by atoms with Crippen LogP contribution in [0.15, 0.2) is 40.7 Å². The van der Waals surface area contributed by atoms with Crippen LogP contribution in [0.3, 0.4) is 0 Å². The first-order chi connectivity index (χ1) is 11.3. The number of aliphatic carboxylic acids is 1. The van der Waals surface area contributed by atoms with Crippen molar-refractivity contribution in [1.29, 1.82) is 0 Å². The van der Waals surface area contributed by atoms with E-state index in [1.54, 1.807) is 13.0 Å². The third kappa shape index (κ3) is 2.88. The second-order valence-corrected chi connectivity index (χ2v) is 6.00. The van der Waals surface area contributed by atoms with E-state index in [0.717, 1.165) is 38.9 Å². The van der Waals surface area contributed by atoms with Crippen molar-refractivity contribution < 1.29 is 9.90 Å². The van der Waals surface area contributed by atoms with Crippen LogP contribution in [0.25, 0.3) is 28.2 Å². The molecule has 0 unspecified atom stereocenters. The van der Waals surface area contributed by atoms with Gasteiger partial charge in [0, 0.05) is 5.57 Å². The summed E-state index contributed by atoms with van der Waals surface area (Å²) >= 11 is 0. The van der Waals surface area contributed by atoms with E-state index in [1.165, 1.54) is 0 Å². The molecule has 1 heterocycles. The van der Waals surface area contributed by atoms with Gasteiger partial charge in [0.1, 0.15) is 0 Å². The molecule has 3 N–H and O–H groups in total. The molecule has 0 bridgehead atoms. The van der Waals surface area contributed by atoms with Crippen LogP contribution in [0.1, 0.15) is 23.6 Å². The monoisotopic (exact) mass is 322 g/mol. The molecular formula is C19H18N2O3. The van der Waals surface area contributed by atoms with E-state index < -0.39 is 5.97 Å². The topological polar surface area (TPSA) is 86.0 Å². The number of carboxylic acids is 1. The highest BCUT2D eigenvalue weighted by Gasteiger charge is 2.09. The van der Waals surface area contributed by atoms with Crippen molar-refractivity contribution in [2.24, 2.45) is 0 Å². The molecule has 0 saturated carbocycles. The average Bonchev–Trinajstić information content (AvgIpc) is 2.89. The predicted molar refractivity (Wildman–Crippen MR) is 95.1 cm³/mol. The summed E-state index contributed by atoms with van der Waals surface area (Å²) in [6.07, 6.45) is 1.68. The maximum atomic E-state index is 11.4. The van der Waals surface area contributed by atoms with E-state index in [1.807, 2.05) is 44.2 Å². The normalized spacial score (nSPS) is 11.9. The van der Waals surface area contributed by atoms with Crippen molar-refractivity contribution in [3.63, 3.8) is 0 Å². The molecule has 0 saturated heterocycles. The van der Waals surface area contributed by atoms with Gasteiger partial charge in [-0.3, -0.25) is 0 Å². The Morgan fingerprint density at radius 2 is 1.75 bits per heavy atom. The van der Waals surface area contributed by atoms with Crippen LogP contribution in [-0.4, -0.2) is 21.0 Å². The summed E-state index contributed by atoms with van der Waals surface area (Å²) in [4.78, 5) is 27.9. The van der Waals surface area contributed by atoms with Gasteiger partial charge in [-0.15, -0.1) is 0 Å². The van der Waals surface area contributed by atoms with E-state index in [-0.39, 0.29) is 5.69 Å². The van der Waals surface area contributed by atoms with Gasteiger partial charge in [-0.25, -0.2) is 9.59 Å². The number of aryl methyl sites for hydroxylation is 2. The number of hydrogen-bond donors (Lipinski definition) is 3. The maximum Gasteiger partial charge on any atom is 0.331 e. The highest BCUT2D eigenvalue weighted by Crippen LogP contribution is 2.29. The SMILES string of the molecule is CC(=Cc1cc(C)c(-c2ccc3[nH]c(=O)[nH]c3c2)cc1C)C(=O)O. The molecule has 0 atom stereocenters. The molecule has 0 radical (unpaired) electrons. The number of hydrogen-bond acceptors (Lipinski definition) is 2. The molecule has 0 amide bonds. The lowest BCUT2D eigenvalue weighted by Crippen LogP contribution is -1.99. The molecule has 1 aromatic heterocycles. The smallest absolute Gasteiger partial charge is 0.331 e. The van der Waals surface area contributed by atoms with Crippen LogP contribution < -0.4 is 5.69 Å². The molecule has 122 valence electrons. The van der Waals surface area contributed by atoms with Crippen LogP contribution >= 0.6 is 0 Å². The van der Waals surface area contributed by atoms with Crippen LogP contribution in [0.5, 0.6) is 0 Å². The number of rotatable bonds is 3. The number of imidazole rings is 1. The number of aromatic amines is 2. The van der Waals surface area contributed by atoms with E-state index in [9.17, 15) is 9.59 Å². The van der Waals surface area contributed by atoms with E-state index >= 15 is 0 Å². The number of aromatic nitrogens is 2. The van der Waals surface area contributed by atoms with Gasteiger partial charge in [-0.2, -0.15) is 0 Å². The van der Waals surface area contributed by atoms with Gasteiger partial charge in [0.05, 0.1) is 11.0 Å². The van der Waals surface area contributed by atoms with E-state index in [0.29, 0.717) is 5.57 Å². The summed E-state index contributed by atoms with van der Waals surface area (Å²) in [5.74, 6) is -0.919. The summed E-state index contributed by atoms with van der Waals surface area (Å²) in [5, 5.41) is 9.04. The van der Waals surface area contributed by atoms with Crippen molar-refractivity contribution in [3.8, 4) is 11.1 Å². The first-order valence-electron chi connectivity index (χ1n) is 7.60. The number of fused-ring (bicyclic) bond motifs is 1. The fourth-order valence-corrected chi connectivity index (χ4v) is 2.80. The highest BCUT2D eigenvalue weighted by molar-refractivity contribution is 5.92. The molecule has 2 aromatic carbocycles. The van der Waals surface area contributed by atoms with Crippen LogP contribution in [0.4, 0.5) is 0 Å². The molecule has 3 aromatic rings.